The van der Waals surface area contributed by atoms with Crippen LogP contribution in [0.3, 0.4) is 0 Å². The molecular formula is C69H76FN9O18. The molecule has 9 atom stereocenters. The summed E-state index contributed by atoms with van der Waals surface area (Å²) < 4.78 is 39.7. The maximum absolute atomic E-state index is 15.5. The van der Waals surface area contributed by atoms with Crippen LogP contribution in [-0.2, 0) is 84.1 Å². The number of carbonyl (C=O) groups is 8. The lowest BCUT2D eigenvalue weighted by Gasteiger charge is -2.40. The summed E-state index contributed by atoms with van der Waals surface area (Å²) in [4.78, 5) is 128. The van der Waals surface area contributed by atoms with Gasteiger partial charge in [-0.05, 0) is 84.4 Å². The number of nitrogens with one attached hydrogen (secondary N) is 6. The zero-order valence-corrected chi connectivity index (χ0v) is 53.4. The van der Waals surface area contributed by atoms with Crippen LogP contribution >= 0.6 is 0 Å². The first-order valence-electron chi connectivity index (χ1n) is 32.1. The number of nitrogens with zero attached hydrogens (tertiary/aromatic N) is 3. The Hall–Kier alpha value is -9.55. The highest BCUT2D eigenvalue weighted by atomic mass is 19.1. The van der Waals surface area contributed by atoms with E-state index in [0.29, 0.717) is 58.4 Å². The number of hydrogen-bond donors (Lipinski definition) is 11. The number of esters is 1. The fourth-order valence-corrected chi connectivity index (χ4v) is 13.5. The Labute approximate surface area is 555 Å². The summed E-state index contributed by atoms with van der Waals surface area (Å²) in [5, 5.41) is 67.9. The number of amides is 7. The summed E-state index contributed by atoms with van der Waals surface area (Å²) >= 11 is 0. The van der Waals surface area contributed by atoms with Crippen LogP contribution in [0.15, 0.2) is 95.8 Å². The van der Waals surface area contributed by atoms with Crippen LogP contribution < -0.4 is 37.5 Å². The van der Waals surface area contributed by atoms with Gasteiger partial charge in [-0.25, -0.2) is 19.0 Å². The number of pyridine rings is 2. The molecule has 512 valence electrons. The number of hydrogen-bond acceptors (Lipinski definition) is 19. The van der Waals surface area contributed by atoms with E-state index in [4.69, 9.17) is 23.9 Å². The van der Waals surface area contributed by atoms with Crippen LogP contribution in [0.5, 0.6) is 0 Å². The van der Waals surface area contributed by atoms with Crippen molar-refractivity contribution in [3.8, 4) is 22.5 Å². The lowest BCUT2D eigenvalue weighted by Crippen LogP contribution is -2.60. The Morgan fingerprint density at radius 1 is 0.794 bits per heavy atom. The molecule has 1 fully saturated rings. The third-order valence-corrected chi connectivity index (χ3v) is 18.9. The third-order valence-electron chi connectivity index (χ3n) is 18.9. The van der Waals surface area contributed by atoms with E-state index in [9.17, 15) is 68.7 Å². The van der Waals surface area contributed by atoms with E-state index < -0.39 is 146 Å². The number of rotatable bonds is 25. The van der Waals surface area contributed by atoms with Gasteiger partial charge in [0.2, 0.25) is 35.4 Å². The SMILES string of the molecule is CC[C@@]1(O)C(=O)OCc2c1cc1n(c2=O)Cc2c-1nc1cc(F)c(C)c3c1c2C(CCOCNC(=O)CNC(=O)[C@H](Cc1ccccc1)NC(=O)CNC(=O)CNC(=O)[C@H](CCC(=O)NC[C@@H]1O[C@H](CO)[C@@H](O)[C@H](O)[C@H]1O)N(C)C(=O)OC1c2ccccc2-c2ccccc21)CC3. The Morgan fingerprint density at radius 3 is 2.15 bits per heavy atom. The molecule has 5 heterocycles. The second-order valence-corrected chi connectivity index (χ2v) is 24.8. The lowest BCUT2D eigenvalue weighted by atomic mass is 9.77. The fourth-order valence-electron chi connectivity index (χ4n) is 13.5. The van der Waals surface area contributed by atoms with Crippen LogP contribution in [-0.4, -0.2) is 183 Å². The summed E-state index contributed by atoms with van der Waals surface area (Å²) in [6.07, 6.45) is -8.37. The molecule has 4 aromatic carbocycles. The van der Waals surface area contributed by atoms with Crippen molar-refractivity contribution >= 4 is 58.4 Å². The van der Waals surface area contributed by atoms with E-state index in [0.717, 1.165) is 38.1 Å². The zero-order valence-electron chi connectivity index (χ0n) is 53.4. The van der Waals surface area contributed by atoms with Crippen LogP contribution in [0.4, 0.5) is 9.18 Å². The van der Waals surface area contributed by atoms with Gasteiger partial charge in [-0.1, -0.05) is 85.8 Å². The van der Waals surface area contributed by atoms with E-state index in [2.05, 4.69) is 31.9 Å². The van der Waals surface area contributed by atoms with Gasteiger partial charge in [-0.3, -0.25) is 38.5 Å². The Morgan fingerprint density at radius 2 is 1.45 bits per heavy atom. The van der Waals surface area contributed by atoms with Crippen LogP contribution in [0.1, 0.15) is 101 Å². The normalized spacial score (nSPS) is 20.9. The summed E-state index contributed by atoms with van der Waals surface area (Å²) in [5.41, 5.74) is 5.84. The summed E-state index contributed by atoms with van der Waals surface area (Å²) in [5.74, 6) is -6.01. The standard InChI is InChI=1S/C69H76FN9O18/c1-4-69(93)45-25-50-59-43(31-79(50)66(90)44(45)33-95-67(69)91)57-37(18-19-38-35(2)46(70)26-47(77-59)58(38)57)22-23-94-34-75-55(83)29-73-64(88)48(24-36-12-6-5-7-13-36)76-56(84)30-72-54(82)28-74-65(89)49(20-21-53(81)71-27-51-60(85)62(87)61(86)52(32-80)96-51)78(3)68(92)97-63-41-16-10-8-14-39(41)40-15-9-11-17-42(40)63/h5-17,25-26,37,48-49,51-52,60-63,80,85-87,93H,4,18-24,27-34H2,1-3H3,(H,71,81)(H,72,82)(H,73,88)(H,74,89)(H,75,83)(H,76,84)/t37?,48-,49-,51-,52+,60-,61+,62+,69-/m0/s1. The molecule has 3 aliphatic heterocycles. The highest BCUT2D eigenvalue weighted by Gasteiger charge is 2.47. The smallest absolute Gasteiger partial charge is 0.411 e. The van der Waals surface area contributed by atoms with Crippen molar-refractivity contribution in [1.29, 1.82) is 0 Å². The number of benzene rings is 4. The molecule has 28 heteroatoms. The molecule has 11 rings (SSSR count). The largest absolute Gasteiger partial charge is 0.458 e. The van der Waals surface area contributed by atoms with Gasteiger partial charge >= 0.3 is 12.1 Å². The second kappa shape index (κ2) is 29.4. The minimum absolute atomic E-state index is 0.0216. The topological polar surface area (TPSA) is 385 Å². The maximum Gasteiger partial charge on any atom is 0.411 e. The molecule has 5 aliphatic rings. The molecule has 11 N–H and O–H groups in total. The van der Waals surface area contributed by atoms with Crippen LogP contribution in [0.2, 0.25) is 0 Å². The first kappa shape index (κ1) is 68.8. The van der Waals surface area contributed by atoms with Crippen LogP contribution in [0, 0.1) is 12.7 Å². The van der Waals surface area contributed by atoms with E-state index in [1.54, 1.807) is 66.9 Å². The quantitative estimate of drug-likeness (QED) is 0.0216. The van der Waals surface area contributed by atoms with Gasteiger partial charge in [0.1, 0.15) is 61.8 Å². The fraction of sp³-hybridized carbons (Fsp3) is 0.420. The first-order valence-corrected chi connectivity index (χ1v) is 32.1. The molecular weight excluding hydrogens is 1260 g/mol. The number of aliphatic hydroxyl groups excluding tert-OH is 4. The second-order valence-electron chi connectivity index (χ2n) is 24.8. The molecule has 0 radical (unpaired) electrons. The Kier molecular flexibility index (Phi) is 20.9. The Bertz CT molecular complexity index is 4090. The van der Waals surface area contributed by atoms with E-state index in [1.165, 1.54) is 13.1 Å². The Balaban J connectivity index is 0.673. The average molecular weight is 1340 g/mol. The van der Waals surface area contributed by atoms with Gasteiger partial charge in [-0.2, -0.15) is 0 Å². The van der Waals surface area contributed by atoms with Gasteiger partial charge < -0.3 is 80.9 Å². The van der Waals surface area contributed by atoms with Crippen molar-refractivity contribution in [1.82, 2.24) is 46.4 Å². The summed E-state index contributed by atoms with van der Waals surface area (Å²) in [6.45, 7) is 0.153. The molecule has 2 aliphatic carbocycles. The third kappa shape index (κ3) is 14.2. The molecule has 27 nitrogen and oxygen atoms in total. The zero-order chi connectivity index (χ0) is 69.0. The van der Waals surface area contributed by atoms with Gasteiger partial charge in [0.15, 0.2) is 11.7 Å². The van der Waals surface area contributed by atoms with Crippen molar-refractivity contribution in [2.45, 2.75) is 132 Å². The number of carbonyl (C=O) groups excluding carboxylic acids is 8. The molecule has 97 heavy (non-hydrogen) atoms. The minimum Gasteiger partial charge on any atom is -0.458 e. The summed E-state index contributed by atoms with van der Waals surface area (Å²) in [6, 6.07) is 23.7. The predicted molar refractivity (Wildman–Crippen MR) is 343 cm³/mol. The van der Waals surface area contributed by atoms with Gasteiger partial charge in [0, 0.05) is 66.7 Å². The average Bonchev–Trinajstić information content (AvgIpc) is 1.62. The molecule has 0 saturated carbocycles. The number of likely N-dealkylation sites (N-methyl/N-ethyl adjacent to an activating group) is 1. The molecule has 6 aromatic rings. The monoisotopic (exact) mass is 1340 g/mol. The number of fused-ring (bicyclic) bond motifs is 8. The molecule has 1 saturated heterocycles. The van der Waals surface area contributed by atoms with Gasteiger partial charge in [-0.15, -0.1) is 0 Å². The van der Waals surface area contributed by atoms with Crippen molar-refractivity contribution in [3.05, 3.63) is 157 Å². The summed E-state index contributed by atoms with van der Waals surface area (Å²) in [7, 11) is 1.28. The molecule has 0 spiro atoms. The lowest BCUT2D eigenvalue weighted by molar-refractivity contribution is -0.227. The van der Waals surface area contributed by atoms with E-state index in [1.807, 2.05) is 36.4 Å². The molecule has 7 amide bonds. The maximum atomic E-state index is 15.5. The number of aliphatic hydroxyl groups is 5. The van der Waals surface area contributed by atoms with Gasteiger partial charge in [0.05, 0.1) is 55.3 Å². The van der Waals surface area contributed by atoms with Crippen molar-refractivity contribution in [3.63, 3.8) is 0 Å². The molecule has 1 unspecified atom stereocenters. The van der Waals surface area contributed by atoms with E-state index in [-0.39, 0.29) is 69.3 Å². The van der Waals surface area contributed by atoms with Crippen LogP contribution in [0.25, 0.3) is 33.4 Å². The molecule has 0 bridgehead atoms. The van der Waals surface area contributed by atoms with Gasteiger partial charge in [0.25, 0.3) is 5.56 Å². The molecule has 2 aromatic heterocycles. The van der Waals surface area contributed by atoms with Crippen molar-refractivity contribution in [2.24, 2.45) is 0 Å². The van der Waals surface area contributed by atoms with Crippen molar-refractivity contribution < 1.29 is 87.2 Å². The highest BCUT2D eigenvalue weighted by Crippen LogP contribution is 2.48. The number of ether oxygens (including phenoxy) is 4. The number of aromatic nitrogens is 2. The number of halogens is 1. The van der Waals surface area contributed by atoms with E-state index >= 15 is 4.39 Å². The number of cyclic esters (lactones) is 1. The first-order chi connectivity index (χ1) is 46.6. The number of aryl methyl sites for hydroxylation is 1. The predicted octanol–water partition coefficient (Wildman–Crippen LogP) is 1.06. The van der Waals surface area contributed by atoms with Crippen molar-refractivity contribution in [2.75, 3.05) is 53.2 Å². The highest BCUT2D eigenvalue weighted by molar-refractivity contribution is 5.95. The minimum atomic E-state index is -2.03.